The number of hydrogen-bond acceptors (Lipinski definition) is 3. The van der Waals surface area contributed by atoms with Crippen LogP contribution in [0.4, 0.5) is 0 Å². The summed E-state index contributed by atoms with van der Waals surface area (Å²) >= 11 is 0. The molecule has 9 atom stereocenters. The number of aliphatic hydroxyl groups is 1. The van der Waals surface area contributed by atoms with Crippen molar-refractivity contribution in [2.45, 2.75) is 83.5 Å². The molecule has 7 unspecified atom stereocenters. The van der Waals surface area contributed by atoms with Gasteiger partial charge in [0.05, 0.1) is 23.2 Å². The van der Waals surface area contributed by atoms with E-state index in [0.717, 1.165) is 44.9 Å². The summed E-state index contributed by atoms with van der Waals surface area (Å²) in [5.41, 5.74) is -1.02. The zero-order valence-corrected chi connectivity index (χ0v) is 15.0. The van der Waals surface area contributed by atoms with Gasteiger partial charge in [-0.3, -0.25) is 4.79 Å². The minimum absolute atomic E-state index is 0.0219. The third-order valence-electron chi connectivity index (χ3n) is 9.51. The van der Waals surface area contributed by atoms with E-state index in [0.29, 0.717) is 11.8 Å². The normalized spacial score (nSPS) is 63.9. The lowest BCUT2D eigenvalue weighted by Gasteiger charge is -2.66. The first-order valence-electron chi connectivity index (χ1n) is 9.78. The Morgan fingerprint density at radius 2 is 1.92 bits per heavy atom. The van der Waals surface area contributed by atoms with Gasteiger partial charge in [-0.15, -0.1) is 0 Å². The predicted octanol–water partition coefficient (Wildman–Crippen LogP) is 3.22. The van der Waals surface area contributed by atoms with Crippen molar-refractivity contribution in [1.29, 1.82) is 0 Å². The van der Waals surface area contributed by atoms with Crippen LogP contribution in [0.15, 0.2) is 0 Å². The molecule has 0 aromatic rings. The number of carboxylic acids is 1. The smallest absolute Gasteiger partial charge is 0.309 e. The summed E-state index contributed by atoms with van der Waals surface area (Å²) < 4.78 is 6.46. The molecule has 24 heavy (non-hydrogen) atoms. The molecule has 6 fully saturated rings. The summed E-state index contributed by atoms with van der Waals surface area (Å²) in [5, 5.41) is 21.2. The van der Waals surface area contributed by atoms with Gasteiger partial charge in [0.2, 0.25) is 0 Å². The first-order valence-corrected chi connectivity index (χ1v) is 9.78. The quantitative estimate of drug-likeness (QED) is 0.773. The van der Waals surface area contributed by atoms with Crippen molar-refractivity contribution in [3.05, 3.63) is 0 Å². The summed E-state index contributed by atoms with van der Waals surface area (Å²) in [4.78, 5) is 12.1. The van der Waals surface area contributed by atoms with Gasteiger partial charge in [0.1, 0.15) is 0 Å². The number of ether oxygens (including phenoxy) is 1. The molecule has 4 aliphatic carbocycles. The lowest BCUT2D eigenvalue weighted by atomic mass is 9.40. The monoisotopic (exact) mass is 334 g/mol. The fourth-order valence-electron chi connectivity index (χ4n) is 8.65. The van der Waals surface area contributed by atoms with Crippen LogP contribution in [0.3, 0.4) is 0 Å². The third kappa shape index (κ3) is 1.41. The summed E-state index contributed by atoms with van der Waals surface area (Å²) in [6.45, 7) is 6.41. The molecule has 2 heterocycles. The van der Waals surface area contributed by atoms with E-state index >= 15 is 0 Å². The summed E-state index contributed by atoms with van der Waals surface area (Å²) in [7, 11) is 0. The SMILES string of the molecule is CC1(C(=O)O)CCCC2(C)C1CCC13CC4C[C@H](O[C@@]4(C)C1O)C23. The maximum Gasteiger partial charge on any atom is 0.309 e. The lowest BCUT2D eigenvalue weighted by Crippen LogP contribution is -2.66. The average Bonchev–Trinajstić information content (AvgIpc) is 2.84. The van der Waals surface area contributed by atoms with Crippen LogP contribution in [0.2, 0.25) is 0 Å². The lowest BCUT2D eigenvalue weighted by molar-refractivity contribution is -0.271. The molecule has 6 aliphatic rings. The molecule has 6 rings (SSSR count). The van der Waals surface area contributed by atoms with Crippen LogP contribution in [0.25, 0.3) is 0 Å². The Bertz CT molecular complexity index is 619. The van der Waals surface area contributed by atoms with Crippen molar-refractivity contribution in [3.63, 3.8) is 0 Å². The van der Waals surface area contributed by atoms with Crippen LogP contribution >= 0.6 is 0 Å². The van der Waals surface area contributed by atoms with Crippen LogP contribution in [0, 0.1) is 34.0 Å². The van der Waals surface area contributed by atoms with Gasteiger partial charge < -0.3 is 14.9 Å². The van der Waals surface area contributed by atoms with E-state index in [9.17, 15) is 15.0 Å². The van der Waals surface area contributed by atoms with E-state index in [4.69, 9.17) is 4.74 Å². The molecular weight excluding hydrogens is 304 g/mol. The number of hydrogen-bond donors (Lipinski definition) is 2. The van der Waals surface area contributed by atoms with Crippen molar-refractivity contribution in [2.24, 2.45) is 34.0 Å². The largest absolute Gasteiger partial charge is 0.481 e. The fourth-order valence-corrected chi connectivity index (χ4v) is 8.65. The van der Waals surface area contributed by atoms with Gasteiger partial charge in [0.25, 0.3) is 0 Å². The molecule has 2 N–H and O–H groups in total. The van der Waals surface area contributed by atoms with Crippen molar-refractivity contribution in [2.75, 3.05) is 0 Å². The van der Waals surface area contributed by atoms with E-state index < -0.39 is 11.4 Å². The zero-order valence-electron chi connectivity index (χ0n) is 15.0. The van der Waals surface area contributed by atoms with Crippen molar-refractivity contribution in [1.82, 2.24) is 0 Å². The second kappa shape index (κ2) is 4.20. The number of carboxylic acid groups (broad SMARTS) is 1. The number of aliphatic hydroxyl groups excluding tert-OH is 1. The van der Waals surface area contributed by atoms with E-state index in [1.165, 1.54) is 0 Å². The molecule has 2 saturated heterocycles. The Kier molecular flexibility index (Phi) is 2.73. The molecule has 0 radical (unpaired) electrons. The Labute approximate surface area is 144 Å². The van der Waals surface area contributed by atoms with Crippen LogP contribution in [-0.4, -0.2) is 34.0 Å². The van der Waals surface area contributed by atoms with Crippen LogP contribution in [-0.2, 0) is 9.53 Å². The van der Waals surface area contributed by atoms with Gasteiger partial charge >= 0.3 is 5.97 Å². The maximum absolute atomic E-state index is 12.1. The van der Waals surface area contributed by atoms with E-state index in [-0.39, 0.29) is 34.6 Å². The molecule has 4 heteroatoms. The number of aliphatic carboxylic acids is 1. The highest BCUT2D eigenvalue weighted by Gasteiger charge is 2.78. The molecule has 4 saturated carbocycles. The fraction of sp³-hybridized carbons (Fsp3) is 0.950. The van der Waals surface area contributed by atoms with Crippen molar-refractivity contribution >= 4 is 5.97 Å². The van der Waals surface area contributed by atoms with Gasteiger partial charge in [-0.2, -0.15) is 0 Å². The van der Waals surface area contributed by atoms with Crippen LogP contribution in [0.5, 0.6) is 0 Å². The molecular formula is C20H30O4. The Balaban J connectivity index is 1.63. The van der Waals surface area contributed by atoms with Crippen LogP contribution in [0.1, 0.15) is 65.7 Å². The van der Waals surface area contributed by atoms with Gasteiger partial charge in [0.15, 0.2) is 0 Å². The zero-order chi connectivity index (χ0) is 17.1. The molecule has 4 bridgehead atoms. The molecule has 0 aromatic heterocycles. The Morgan fingerprint density at radius 1 is 1.17 bits per heavy atom. The van der Waals surface area contributed by atoms with E-state index in [1.807, 2.05) is 6.92 Å². The van der Waals surface area contributed by atoms with Gasteiger partial charge in [-0.25, -0.2) is 0 Å². The standard InChI is InChI=1S/C20H30O4/c1-17-6-4-7-18(2,16(22)23)13(17)5-8-20-10-11-9-12(14(17)20)24-19(11,3)15(20)21/h11-15,21H,4-10H2,1-3H3,(H,22,23)/t11?,12-,13?,14?,15?,17?,18?,19+,20?/m0/s1. The van der Waals surface area contributed by atoms with Gasteiger partial charge in [0, 0.05) is 5.41 Å². The average molecular weight is 334 g/mol. The summed E-state index contributed by atoms with van der Waals surface area (Å²) in [6.07, 6.45) is 6.76. The Morgan fingerprint density at radius 3 is 2.58 bits per heavy atom. The van der Waals surface area contributed by atoms with Gasteiger partial charge in [-0.05, 0) is 75.5 Å². The second-order valence-corrected chi connectivity index (χ2v) is 10.3. The maximum atomic E-state index is 12.1. The van der Waals surface area contributed by atoms with E-state index in [1.54, 1.807) is 0 Å². The highest BCUT2D eigenvalue weighted by molar-refractivity contribution is 5.75. The number of carbonyl (C=O) groups is 1. The third-order valence-corrected chi connectivity index (χ3v) is 9.51. The molecule has 4 nitrogen and oxygen atoms in total. The highest BCUT2D eigenvalue weighted by Crippen LogP contribution is 2.76. The summed E-state index contributed by atoms with van der Waals surface area (Å²) in [5.74, 6) is 0.383. The molecule has 0 amide bonds. The van der Waals surface area contributed by atoms with E-state index in [2.05, 4.69) is 13.8 Å². The highest BCUT2D eigenvalue weighted by atomic mass is 16.5. The molecule has 2 aliphatic heterocycles. The first kappa shape index (κ1) is 15.6. The summed E-state index contributed by atoms with van der Waals surface area (Å²) in [6, 6.07) is 0. The van der Waals surface area contributed by atoms with Crippen molar-refractivity contribution < 1.29 is 19.7 Å². The Hall–Kier alpha value is -0.610. The predicted molar refractivity (Wildman–Crippen MR) is 88.4 cm³/mol. The molecule has 134 valence electrons. The molecule has 1 spiro atoms. The second-order valence-electron chi connectivity index (χ2n) is 10.3. The first-order chi connectivity index (χ1) is 11.2. The topological polar surface area (TPSA) is 66.8 Å². The number of fused-ring (bicyclic) bond motifs is 1. The molecule has 0 aromatic carbocycles. The van der Waals surface area contributed by atoms with Crippen LogP contribution < -0.4 is 0 Å². The van der Waals surface area contributed by atoms with Crippen molar-refractivity contribution in [3.8, 4) is 0 Å². The minimum atomic E-state index is -0.630. The van der Waals surface area contributed by atoms with Gasteiger partial charge in [-0.1, -0.05) is 13.3 Å². The number of rotatable bonds is 1. The minimum Gasteiger partial charge on any atom is -0.481 e.